The van der Waals surface area contributed by atoms with Crippen LogP contribution in [0.4, 0.5) is 0 Å². The van der Waals surface area contributed by atoms with Crippen LogP contribution in [0.15, 0.2) is 0 Å². The van der Waals surface area contributed by atoms with Crippen LogP contribution in [0.5, 0.6) is 0 Å². The zero-order valence-corrected chi connectivity index (χ0v) is 11.4. The lowest BCUT2D eigenvalue weighted by molar-refractivity contribution is -0.145. The van der Waals surface area contributed by atoms with Crippen molar-refractivity contribution in [1.29, 1.82) is 0 Å². The van der Waals surface area contributed by atoms with Gasteiger partial charge in [0.15, 0.2) is 0 Å². The van der Waals surface area contributed by atoms with Crippen molar-refractivity contribution in [2.24, 2.45) is 11.8 Å². The minimum Gasteiger partial charge on any atom is -0.469 e. The number of methoxy groups -OCH3 is 1. The van der Waals surface area contributed by atoms with Crippen molar-refractivity contribution in [2.75, 3.05) is 13.7 Å². The molecule has 1 N–H and O–H groups in total. The molecule has 0 radical (unpaired) electrons. The van der Waals surface area contributed by atoms with E-state index >= 15 is 0 Å². The molecule has 0 saturated heterocycles. The van der Waals surface area contributed by atoms with E-state index in [-0.39, 0.29) is 11.9 Å². The van der Waals surface area contributed by atoms with Gasteiger partial charge in [-0.1, -0.05) is 20.8 Å². The first kappa shape index (κ1) is 15.4. The number of hydrogen-bond donors (Lipinski definition) is 1. The van der Waals surface area contributed by atoms with Gasteiger partial charge in [0.1, 0.15) is 0 Å². The third kappa shape index (κ3) is 7.69. The predicted octanol–water partition coefficient (Wildman–Crippen LogP) is 2.60. The van der Waals surface area contributed by atoms with Crippen LogP contribution in [0.25, 0.3) is 0 Å². The number of rotatable bonds is 8. The molecule has 0 aliphatic carbocycles. The van der Waals surface area contributed by atoms with Crippen molar-refractivity contribution in [3.8, 4) is 0 Å². The second-order valence-electron chi connectivity index (χ2n) is 5.05. The van der Waals surface area contributed by atoms with Crippen LogP contribution in [-0.4, -0.2) is 25.7 Å². The molecule has 0 bridgehead atoms. The summed E-state index contributed by atoms with van der Waals surface area (Å²) in [6.45, 7) is 9.55. The summed E-state index contributed by atoms with van der Waals surface area (Å²) < 4.78 is 4.70. The summed E-state index contributed by atoms with van der Waals surface area (Å²) in [5, 5.41) is 3.44. The average molecular weight is 229 g/mol. The van der Waals surface area contributed by atoms with Gasteiger partial charge in [0.05, 0.1) is 13.0 Å². The van der Waals surface area contributed by atoms with Gasteiger partial charge in [-0.25, -0.2) is 0 Å². The monoisotopic (exact) mass is 229 g/mol. The third-order valence-corrected chi connectivity index (χ3v) is 2.76. The molecule has 0 saturated carbocycles. The second kappa shape index (κ2) is 8.57. The van der Waals surface area contributed by atoms with Crippen LogP contribution >= 0.6 is 0 Å². The third-order valence-electron chi connectivity index (χ3n) is 2.76. The molecule has 0 aromatic rings. The van der Waals surface area contributed by atoms with E-state index in [0.29, 0.717) is 6.04 Å². The highest BCUT2D eigenvalue weighted by Gasteiger charge is 2.15. The first-order valence-corrected chi connectivity index (χ1v) is 6.28. The maximum Gasteiger partial charge on any atom is 0.308 e. The van der Waals surface area contributed by atoms with Gasteiger partial charge in [-0.3, -0.25) is 4.79 Å². The summed E-state index contributed by atoms with van der Waals surface area (Å²) in [6.07, 6.45) is 3.30. The van der Waals surface area contributed by atoms with Gasteiger partial charge in [-0.2, -0.15) is 0 Å². The van der Waals surface area contributed by atoms with Crippen LogP contribution in [0.2, 0.25) is 0 Å². The first-order valence-electron chi connectivity index (χ1n) is 6.28. The largest absolute Gasteiger partial charge is 0.469 e. The molecule has 0 aromatic heterocycles. The molecular formula is C13H27NO2. The maximum atomic E-state index is 11.2. The highest BCUT2D eigenvalue weighted by Crippen LogP contribution is 2.08. The molecule has 0 aliphatic rings. The Labute approximate surface area is 99.9 Å². The summed E-state index contributed by atoms with van der Waals surface area (Å²) in [4.78, 5) is 11.2. The molecule has 0 rings (SSSR count). The average Bonchev–Trinajstić information content (AvgIpc) is 2.22. The Hall–Kier alpha value is -0.570. The molecule has 2 atom stereocenters. The molecule has 0 aromatic carbocycles. The standard InChI is InChI=1S/C13H27NO2/c1-10(2)7-6-8-14-12(4)9-11(3)13(15)16-5/h10-12,14H,6-9H2,1-5H3. The number of ether oxygens (including phenoxy) is 1. The Bertz CT molecular complexity index is 192. The lowest BCUT2D eigenvalue weighted by atomic mass is 10.0. The normalized spacial score (nSPS) is 14.9. The van der Waals surface area contributed by atoms with Gasteiger partial charge < -0.3 is 10.1 Å². The first-order chi connectivity index (χ1) is 7.47. The van der Waals surface area contributed by atoms with Gasteiger partial charge in [-0.05, 0) is 38.6 Å². The van der Waals surface area contributed by atoms with Crippen LogP contribution in [0, 0.1) is 11.8 Å². The fraction of sp³-hybridized carbons (Fsp3) is 0.923. The van der Waals surface area contributed by atoms with Crippen molar-refractivity contribution >= 4 is 5.97 Å². The van der Waals surface area contributed by atoms with Crippen molar-refractivity contribution in [1.82, 2.24) is 5.32 Å². The Balaban J connectivity index is 3.58. The van der Waals surface area contributed by atoms with Gasteiger partial charge in [0.25, 0.3) is 0 Å². The molecule has 0 spiro atoms. The van der Waals surface area contributed by atoms with Crippen molar-refractivity contribution in [3.05, 3.63) is 0 Å². The fourth-order valence-corrected chi connectivity index (χ4v) is 1.77. The lowest BCUT2D eigenvalue weighted by Crippen LogP contribution is -2.31. The van der Waals surface area contributed by atoms with Gasteiger partial charge in [0.2, 0.25) is 0 Å². The zero-order valence-electron chi connectivity index (χ0n) is 11.4. The number of nitrogens with one attached hydrogen (secondary N) is 1. The minimum absolute atomic E-state index is 0.0161. The Kier molecular flexibility index (Phi) is 8.26. The Morgan fingerprint density at radius 3 is 2.38 bits per heavy atom. The molecule has 2 unspecified atom stereocenters. The van der Waals surface area contributed by atoms with Crippen LogP contribution in [-0.2, 0) is 9.53 Å². The van der Waals surface area contributed by atoms with E-state index in [0.717, 1.165) is 18.9 Å². The molecular weight excluding hydrogens is 202 g/mol. The molecule has 0 heterocycles. The molecule has 0 fully saturated rings. The maximum absolute atomic E-state index is 11.2. The van der Waals surface area contributed by atoms with E-state index in [1.165, 1.54) is 20.0 Å². The summed E-state index contributed by atoms with van der Waals surface area (Å²) in [5.74, 6) is 0.638. The van der Waals surface area contributed by atoms with Crippen molar-refractivity contribution in [3.63, 3.8) is 0 Å². The predicted molar refractivity (Wildman–Crippen MR) is 67.3 cm³/mol. The number of carbonyl (C=O) groups excluding carboxylic acids is 1. The number of carbonyl (C=O) groups is 1. The van der Waals surface area contributed by atoms with Gasteiger partial charge in [0, 0.05) is 6.04 Å². The van der Waals surface area contributed by atoms with Crippen molar-refractivity contribution < 1.29 is 9.53 Å². The summed E-state index contributed by atoms with van der Waals surface area (Å²) in [6, 6.07) is 0.376. The second-order valence-corrected chi connectivity index (χ2v) is 5.05. The van der Waals surface area contributed by atoms with E-state index in [2.05, 4.69) is 26.1 Å². The van der Waals surface area contributed by atoms with Gasteiger partial charge in [-0.15, -0.1) is 0 Å². The summed E-state index contributed by atoms with van der Waals surface area (Å²) in [5.41, 5.74) is 0. The molecule has 16 heavy (non-hydrogen) atoms. The van der Waals surface area contributed by atoms with E-state index in [1.807, 2.05) is 6.92 Å². The minimum atomic E-state index is -0.115. The lowest BCUT2D eigenvalue weighted by Gasteiger charge is -2.17. The molecule has 0 amide bonds. The number of esters is 1. The molecule has 96 valence electrons. The fourth-order valence-electron chi connectivity index (χ4n) is 1.77. The topological polar surface area (TPSA) is 38.3 Å². The molecule has 3 heteroatoms. The Morgan fingerprint density at radius 2 is 1.88 bits per heavy atom. The van der Waals surface area contributed by atoms with Gasteiger partial charge >= 0.3 is 5.97 Å². The van der Waals surface area contributed by atoms with E-state index in [1.54, 1.807) is 0 Å². The molecule has 3 nitrogen and oxygen atoms in total. The number of hydrogen-bond acceptors (Lipinski definition) is 3. The zero-order chi connectivity index (χ0) is 12.6. The SMILES string of the molecule is COC(=O)C(C)CC(C)NCCCC(C)C. The van der Waals surface area contributed by atoms with E-state index < -0.39 is 0 Å². The smallest absolute Gasteiger partial charge is 0.308 e. The van der Waals surface area contributed by atoms with E-state index in [4.69, 9.17) is 4.74 Å². The summed E-state index contributed by atoms with van der Waals surface area (Å²) >= 11 is 0. The van der Waals surface area contributed by atoms with Crippen LogP contribution in [0.3, 0.4) is 0 Å². The highest BCUT2D eigenvalue weighted by atomic mass is 16.5. The van der Waals surface area contributed by atoms with Crippen LogP contribution in [0.1, 0.15) is 47.0 Å². The van der Waals surface area contributed by atoms with E-state index in [9.17, 15) is 4.79 Å². The van der Waals surface area contributed by atoms with Crippen LogP contribution < -0.4 is 5.32 Å². The quantitative estimate of drug-likeness (QED) is 0.513. The molecule has 0 aliphatic heterocycles. The Morgan fingerprint density at radius 1 is 1.25 bits per heavy atom. The van der Waals surface area contributed by atoms with Crippen molar-refractivity contribution in [2.45, 2.75) is 53.0 Å². The summed E-state index contributed by atoms with van der Waals surface area (Å²) in [7, 11) is 1.44. The highest BCUT2D eigenvalue weighted by molar-refractivity contribution is 5.71.